The molecule has 2 saturated heterocycles. The van der Waals surface area contributed by atoms with Gasteiger partial charge in [0.25, 0.3) is 5.56 Å². The van der Waals surface area contributed by atoms with Crippen molar-refractivity contribution in [3.8, 4) is 11.4 Å². The summed E-state index contributed by atoms with van der Waals surface area (Å²) in [5.41, 5.74) is 2.29. The van der Waals surface area contributed by atoms with Crippen LogP contribution in [-0.2, 0) is 16.6 Å². The third-order valence-corrected chi connectivity index (χ3v) is 6.74. The van der Waals surface area contributed by atoms with E-state index >= 15 is 0 Å². The summed E-state index contributed by atoms with van der Waals surface area (Å²) >= 11 is 0. The molecule has 5 rings (SSSR count). The first-order chi connectivity index (χ1) is 14.1. The lowest BCUT2D eigenvalue weighted by atomic mass is 9.76. The maximum atomic E-state index is 12.8. The lowest BCUT2D eigenvalue weighted by Gasteiger charge is -2.40. The lowest BCUT2D eigenvalue weighted by Crippen LogP contribution is -2.50. The number of aliphatic hydroxyl groups excluding tert-OH is 1. The first-order valence-corrected chi connectivity index (χ1v) is 10.3. The Morgan fingerprint density at radius 3 is 2.73 bits per heavy atom. The van der Waals surface area contributed by atoms with E-state index in [-0.39, 0.29) is 35.3 Å². The Bertz CT molecular complexity index is 988. The summed E-state index contributed by atoms with van der Waals surface area (Å²) in [5, 5.41) is 12.8. The Labute approximate surface area is 180 Å². The standard InChI is InChI=1S/C21H25N5O3.ClH/c27-14-10-16(23-12-14)20(29)26-8-5-21(6-9-26)4-3-15-17(21)24-18(25-19(15)28)13-2-1-7-22-11-13;/h1-2,7,11,14,16,23,27H,3-6,8-10,12H2,(H,24,25,28);1H/t14-,16+;/m1./s1. The Kier molecular flexibility index (Phi) is 5.65. The quantitative estimate of drug-likeness (QED) is 0.648. The van der Waals surface area contributed by atoms with Gasteiger partial charge in [0.2, 0.25) is 5.91 Å². The first-order valence-electron chi connectivity index (χ1n) is 10.3. The fourth-order valence-electron chi connectivity index (χ4n) is 5.06. The van der Waals surface area contributed by atoms with Crippen LogP contribution in [0.4, 0.5) is 0 Å². The molecule has 2 aromatic rings. The third-order valence-electron chi connectivity index (χ3n) is 6.74. The Hall–Kier alpha value is -2.29. The van der Waals surface area contributed by atoms with Crippen LogP contribution in [0.3, 0.4) is 0 Å². The molecular weight excluding hydrogens is 406 g/mol. The number of aromatic nitrogens is 3. The monoisotopic (exact) mass is 431 g/mol. The number of β-amino-alcohol motifs (C(OH)–C–C–N with tert-alkyl or cyclic N) is 1. The summed E-state index contributed by atoms with van der Waals surface area (Å²) in [6.07, 6.45) is 6.69. The average Bonchev–Trinajstić information content (AvgIpc) is 3.33. The van der Waals surface area contributed by atoms with Gasteiger partial charge in [-0.15, -0.1) is 12.4 Å². The molecule has 160 valence electrons. The van der Waals surface area contributed by atoms with E-state index in [4.69, 9.17) is 4.98 Å². The Morgan fingerprint density at radius 2 is 2.07 bits per heavy atom. The minimum atomic E-state index is -0.441. The van der Waals surface area contributed by atoms with Gasteiger partial charge < -0.3 is 20.3 Å². The molecule has 3 aliphatic rings. The molecule has 8 nitrogen and oxygen atoms in total. The molecule has 30 heavy (non-hydrogen) atoms. The topological polar surface area (TPSA) is 111 Å². The number of fused-ring (bicyclic) bond motifs is 2. The maximum absolute atomic E-state index is 12.8. The average molecular weight is 432 g/mol. The van der Waals surface area contributed by atoms with Crippen LogP contribution in [0.5, 0.6) is 0 Å². The first kappa shape index (κ1) is 21.0. The van der Waals surface area contributed by atoms with Crippen LogP contribution in [0, 0.1) is 0 Å². The molecule has 0 unspecified atom stereocenters. The zero-order valence-electron chi connectivity index (χ0n) is 16.6. The molecule has 2 aromatic heterocycles. The number of H-pyrrole nitrogens is 1. The van der Waals surface area contributed by atoms with Crippen LogP contribution < -0.4 is 10.9 Å². The number of carbonyl (C=O) groups excluding carboxylic acids is 1. The number of aliphatic hydroxyl groups is 1. The predicted octanol–water partition coefficient (Wildman–Crippen LogP) is 0.783. The number of pyridine rings is 1. The van der Waals surface area contributed by atoms with Crippen LogP contribution in [0.1, 0.15) is 36.9 Å². The molecule has 0 radical (unpaired) electrons. The second kappa shape index (κ2) is 8.09. The smallest absolute Gasteiger partial charge is 0.254 e. The molecule has 0 bridgehead atoms. The Balaban J connectivity index is 0.00000218. The zero-order chi connectivity index (χ0) is 20.0. The number of nitrogens with one attached hydrogen (secondary N) is 2. The van der Waals surface area contributed by atoms with Crippen molar-refractivity contribution < 1.29 is 9.90 Å². The molecule has 4 heterocycles. The molecule has 0 aromatic carbocycles. The third kappa shape index (κ3) is 3.53. The number of carbonyl (C=O) groups is 1. The molecule has 3 N–H and O–H groups in total. The number of likely N-dealkylation sites (tertiary alicyclic amines) is 1. The van der Waals surface area contributed by atoms with E-state index in [1.54, 1.807) is 12.4 Å². The second-order valence-corrected chi connectivity index (χ2v) is 8.44. The highest BCUT2D eigenvalue weighted by atomic mass is 35.5. The van der Waals surface area contributed by atoms with Crippen molar-refractivity contribution in [2.24, 2.45) is 0 Å². The van der Waals surface area contributed by atoms with Gasteiger partial charge in [0.15, 0.2) is 0 Å². The van der Waals surface area contributed by atoms with Crippen molar-refractivity contribution in [1.82, 2.24) is 25.2 Å². The van der Waals surface area contributed by atoms with E-state index < -0.39 is 6.10 Å². The van der Waals surface area contributed by atoms with Crippen molar-refractivity contribution in [2.45, 2.75) is 49.7 Å². The summed E-state index contributed by atoms with van der Waals surface area (Å²) in [7, 11) is 0. The fraction of sp³-hybridized carbons (Fsp3) is 0.524. The van der Waals surface area contributed by atoms with Gasteiger partial charge in [-0.2, -0.15) is 0 Å². The molecule has 0 saturated carbocycles. The maximum Gasteiger partial charge on any atom is 0.254 e. The fourth-order valence-corrected chi connectivity index (χ4v) is 5.06. The van der Waals surface area contributed by atoms with Crippen molar-refractivity contribution in [3.63, 3.8) is 0 Å². The molecule has 1 spiro atoms. The largest absolute Gasteiger partial charge is 0.392 e. The van der Waals surface area contributed by atoms with Crippen LogP contribution in [-0.4, -0.2) is 62.6 Å². The zero-order valence-corrected chi connectivity index (χ0v) is 17.5. The van der Waals surface area contributed by atoms with Crippen molar-refractivity contribution in [3.05, 3.63) is 46.1 Å². The highest BCUT2D eigenvalue weighted by Crippen LogP contribution is 2.44. The number of aromatic amines is 1. The summed E-state index contributed by atoms with van der Waals surface area (Å²) in [6, 6.07) is 3.44. The van der Waals surface area contributed by atoms with Gasteiger partial charge in [-0.3, -0.25) is 14.6 Å². The minimum Gasteiger partial charge on any atom is -0.392 e. The van der Waals surface area contributed by atoms with Crippen molar-refractivity contribution >= 4 is 18.3 Å². The molecular formula is C21H26ClN5O3. The van der Waals surface area contributed by atoms with E-state index in [9.17, 15) is 14.7 Å². The van der Waals surface area contributed by atoms with Gasteiger partial charge >= 0.3 is 0 Å². The molecule has 9 heteroatoms. The molecule has 2 fully saturated rings. The number of halogens is 1. The van der Waals surface area contributed by atoms with Crippen LogP contribution in [0.15, 0.2) is 29.3 Å². The predicted molar refractivity (Wildman–Crippen MR) is 114 cm³/mol. The van der Waals surface area contributed by atoms with E-state index in [1.165, 1.54) is 0 Å². The highest BCUT2D eigenvalue weighted by molar-refractivity contribution is 5.85. The molecule has 2 atom stereocenters. The normalized spacial score (nSPS) is 24.5. The van der Waals surface area contributed by atoms with Crippen molar-refractivity contribution in [2.75, 3.05) is 19.6 Å². The van der Waals surface area contributed by atoms with Gasteiger partial charge in [-0.1, -0.05) is 0 Å². The molecule has 1 aliphatic carbocycles. The summed E-state index contributed by atoms with van der Waals surface area (Å²) in [5.74, 6) is 0.635. The number of piperidine rings is 1. The summed E-state index contributed by atoms with van der Waals surface area (Å²) in [4.78, 5) is 39.3. The van der Waals surface area contributed by atoms with Crippen LogP contribution in [0.2, 0.25) is 0 Å². The lowest BCUT2D eigenvalue weighted by molar-refractivity contribution is -0.134. The number of hydrogen-bond acceptors (Lipinski definition) is 6. The van der Waals surface area contributed by atoms with Gasteiger partial charge in [0.05, 0.1) is 17.8 Å². The minimum absolute atomic E-state index is 0. The SMILES string of the molecule is Cl.O=C([C@@H]1C[C@@H](O)CN1)N1CCC2(CCc3c2nc(-c2cccnc2)[nH]c3=O)CC1. The number of hydrogen-bond donors (Lipinski definition) is 3. The van der Waals surface area contributed by atoms with E-state index in [2.05, 4.69) is 15.3 Å². The van der Waals surface area contributed by atoms with Crippen LogP contribution >= 0.6 is 12.4 Å². The van der Waals surface area contributed by atoms with Gasteiger partial charge in [0, 0.05) is 48.6 Å². The van der Waals surface area contributed by atoms with E-state index in [0.29, 0.717) is 31.9 Å². The van der Waals surface area contributed by atoms with Gasteiger partial charge in [-0.05, 0) is 44.2 Å². The van der Waals surface area contributed by atoms with Gasteiger partial charge in [0.1, 0.15) is 5.82 Å². The number of nitrogens with zero attached hydrogens (tertiary/aromatic N) is 3. The van der Waals surface area contributed by atoms with Gasteiger partial charge in [-0.25, -0.2) is 4.98 Å². The molecule has 2 aliphatic heterocycles. The highest BCUT2D eigenvalue weighted by Gasteiger charge is 2.45. The summed E-state index contributed by atoms with van der Waals surface area (Å²) < 4.78 is 0. The second-order valence-electron chi connectivity index (χ2n) is 8.44. The van der Waals surface area contributed by atoms with E-state index in [0.717, 1.165) is 42.5 Å². The Morgan fingerprint density at radius 1 is 1.27 bits per heavy atom. The van der Waals surface area contributed by atoms with E-state index in [1.807, 2.05) is 17.0 Å². The van der Waals surface area contributed by atoms with Crippen molar-refractivity contribution in [1.29, 1.82) is 0 Å². The number of amides is 1. The number of rotatable bonds is 2. The summed E-state index contributed by atoms with van der Waals surface area (Å²) in [6.45, 7) is 1.79. The van der Waals surface area contributed by atoms with Crippen LogP contribution in [0.25, 0.3) is 11.4 Å². The molecule has 1 amide bonds.